The molecule has 0 nitrogen and oxygen atoms in total. The second kappa shape index (κ2) is 3.37. The normalized spacial score (nSPS) is 21.7. The third-order valence-electron chi connectivity index (χ3n) is 2.76. The molecular weight excluding hydrogens is 156 g/mol. The highest BCUT2D eigenvalue weighted by Crippen LogP contribution is 2.31. The second-order valence-electron chi connectivity index (χ2n) is 4.14. The van der Waals surface area contributed by atoms with Crippen LogP contribution in [0.15, 0.2) is 30.3 Å². The fourth-order valence-electron chi connectivity index (χ4n) is 1.89. The minimum absolute atomic E-state index is 0.844. The molecule has 0 saturated heterocycles. The SMILES string of the molecule is Cc1ccc(C2=CCC(C)C2)cc1. The van der Waals surface area contributed by atoms with Crippen LogP contribution in [0.3, 0.4) is 0 Å². The van der Waals surface area contributed by atoms with E-state index in [1.165, 1.54) is 29.5 Å². The van der Waals surface area contributed by atoms with E-state index in [9.17, 15) is 0 Å². The molecule has 0 radical (unpaired) electrons. The van der Waals surface area contributed by atoms with Crippen molar-refractivity contribution in [1.82, 2.24) is 0 Å². The maximum Gasteiger partial charge on any atom is -0.0227 e. The Balaban J connectivity index is 2.22. The predicted molar refractivity (Wildman–Crippen MR) is 57.6 cm³/mol. The zero-order valence-electron chi connectivity index (χ0n) is 8.38. The van der Waals surface area contributed by atoms with Crippen LogP contribution in [0.2, 0.25) is 0 Å². The van der Waals surface area contributed by atoms with Crippen LogP contribution >= 0.6 is 0 Å². The Morgan fingerprint density at radius 1 is 1.15 bits per heavy atom. The van der Waals surface area contributed by atoms with Crippen molar-refractivity contribution in [1.29, 1.82) is 0 Å². The Morgan fingerprint density at radius 3 is 2.38 bits per heavy atom. The van der Waals surface area contributed by atoms with Crippen LogP contribution in [-0.2, 0) is 0 Å². The average Bonchev–Trinajstić information content (AvgIpc) is 2.53. The average molecular weight is 172 g/mol. The van der Waals surface area contributed by atoms with Gasteiger partial charge in [-0.15, -0.1) is 0 Å². The Kier molecular flexibility index (Phi) is 2.22. The summed E-state index contributed by atoms with van der Waals surface area (Å²) < 4.78 is 0. The molecule has 0 aliphatic heterocycles. The minimum atomic E-state index is 0.844. The zero-order chi connectivity index (χ0) is 9.26. The lowest BCUT2D eigenvalue weighted by molar-refractivity contribution is 0.642. The molecule has 0 N–H and O–H groups in total. The van der Waals surface area contributed by atoms with E-state index in [0.717, 1.165) is 5.92 Å². The summed E-state index contributed by atoms with van der Waals surface area (Å²) in [6, 6.07) is 8.86. The van der Waals surface area contributed by atoms with Gasteiger partial charge in [0.1, 0.15) is 0 Å². The molecule has 0 amide bonds. The van der Waals surface area contributed by atoms with Gasteiger partial charge in [-0.2, -0.15) is 0 Å². The van der Waals surface area contributed by atoms with Crippen molar-refractivity contribution in [3.05, 3.63) is 41.5 Å². The van der Waals surface area contributed by atoms with Gasteiger partial charge in [0.25, 0.3) is 0 Å². The first-order valence-corrected chi connectivity index (χ1v) is 5.02. The van der Waals surface area contributed by atoms with Crippen molar-refractivity contribution < 1.29 is 0 Å². The molecule has 1 unspecified atom stereocenters. The number of allylic oxidation sites excluding steroid dienone is 2. The van der Waals surface area contributed by atoms with E-state index in [2.05, 4.69) is 44.2 Å². The summed E-state index contributed by atoms with van der Waals surface area (Å²) in [6.45, 7) is 4.45. The number of rotatable bonds is 1. The number of benzene rings is 1. The van der Waals surface area contributed by atoms with E-state index in [1.54, 1.807) is 0 Å². The van der Waals surface area contributed by atoms with Gasteiger partial charge in [-0.05, 0) is 36.8 Å². The summed E-state index contributed by atoms with van der Waals surface area (Å²) >= 11 is 0. The van der Waals surface area contributed by atoms with Crippen molar-refractivity contribution in [2.75, 3.05) is 0 Å². The first-order valence-electron chi connectivity index (χ1n) is 5.02. The van der Waals surface area contributed by atoms with Gasteiger partial charge in [-0.25, -0.2) is 0 Å². The van der Waals surface area contributed by atoms with Gasteiger partial charge in [0.05, 0.1) is 0 Å². The van der Waals surface area contributed by atoms with E-state index < -0.39 is 0 Å². The summed E-state index contributed by atoms with van der Waals surface area (Å²) in [5, 5.41) is 0. The molecule has 0 fully saturated rings. The molecule has 1 aromatic rings. The van der Waals surface area contributed by atoms with E-state index >= 15 is 0 Å². The Morgan fingerprint density at radius 2 is 1.85 bits per heavy atom. The van der Waals surface area contributed by atoms with Gasteiger partial charge in [-0.1, -0.05) is 42.8 Å². The molecule has 1 aromatic carbocycles. The molecule has 0 aromatic heterocycles. The Hall–Kier alpha value is -1.04. The van der Waals surface area contributed by atoms with E-state index in [1.807, 2.05) is 0 Å². The molecule has 1 aliphatic carbocycles. The molecular formula is C13H16. The molecule has 0 heteroatoms. The molecule has 2 rings (SSSR count). The largest absolute Gasteiger partial charge is 0.0804 e. The van der Waals surface area contributed by atoms with Crippen molar-refractivity contribution in [2.45, 2.75) is 26.7 Å². The maximum atomic E-state index is 2.38. The van der Waals surface area contributed by atoms with Crippen LogP contribution in [0.5, 0.6) is 0 Å². The molecule has 1 aliphatic rings. The van der Waals surface area contributed by atoms with Gasteiger partial charge in [-0.3, -0.25) is 0 Å². The zero-order valence-corrected chi connectivity index (χ0v) is 8.38. The molecule has 68 valence electrons. The monoisotopic (exact) mass is 172 g/mol. The van der Waals surface area contributed by atoms with Gasteiger partial charge < -0.3 is 0 Å². The van der Waals surface area contributed by atoms with Gasteiger partial charge in [0.2, 0.25) is 0 Å². The van der Waals surface area contributed by atoms with Gasteiger partial charge in [0, 0.05) is 0 Å². The minimum Gasteiger partial charge on any atom is -0.0804 e. The lowest BCUT2D eigenvalue weighted by Gasteiger charge is -2.04. The summed E-state index contributed by atoms with van der Waals surface area (Å²) in [5.74, 6) is 0.844. The topological polar surface area (TPSA) is 0 Å². The second-order valence-corrected chi connectivity index (χ2v) is 4.14. The fourth-order valence-corrected chi connectivity index (χ4v) is 1.89. The summed E-state index contributed by atoms with van der Waals surface area (Å²) in [4.78, 5) is 0. The molecule has 13 heavy (non-hydrogen) atoms. The summed E-state index contributed by atoms with van der Waals surface area (Å²) in [6.07, 6.45) is 4.89. The third-order valence-corrected chi connectivity index (χ3v) is 2.76. The van der Waals surface area contributed by atoms with Crippen LogP contribution < -0.4 is 0 Å². The Labute approximate surface area is 80.3 Å². The maximum absolute atomic E-state index is 2.38. The molecule has 0 spiro atoms. The highest BCUT2D eigenvalue weighted by atomic mass is 14.2. The van der Waals surface area contributed by atoms with Crippen LogP contribution in [-0.4, -0.2) is 0 Å². The molecule has 0 bridgehead atoms. The van der Waals surface area contributed by atoms with E-state index in [-0.39, 0.29) is 0 Å². The molecule has 0 heterocycles. The standard InChI is InChI=1S/C13H16/c1-10-3-6-12(7-4-10)13-8-5-11(2)9-13/h3-4,6-8,11H,5,9H2,1-2H3. The van der Waals surface area contributed by atoms with Crippen LogP contribution in [0, 0.1) is 12.8 Å². The number of aryl methyl sites for hydroxylation is 1. The number of hydrogen-bond acceptors (Lipinski definition) is 0. The van der Waals surface area contributed by atoms with Crippen LogP contribution in [0.4, 0.5) is 0 Å². The van der Waals surface area contributed by atoms with Crippen LogP contribution in [0.1, 0.15) is 30.9 Å². The lowest BCUT2D eigenvalue weighted by atomic mass is 10.0. The summed E-state index contributed by atoms with van der Waals surface area (Å²) in [7, 11) is 0. The first kappa shape index (κ1) is 8.55. The molecule has 1 atom stereocenters. The number of hydrogen-bond donors (Lipinski definition) is 0. The summed E-state index contributed by atoms with van der Waals surface area (Å²) in [5.41, 5.74) is 4.29. The van der Waals surface area contributed by atoms with Gasteiger partial charge in [0.15, 0.2) is 0 Å². The highest BCUT2D eigenvalue weighted by molar-refractivity contribution is 5.67. The van der Waals surface area contributed by atoms with Crippen molar-refractivity contribution in [3.8, 4) is 0 Å². The van der Waals surface area contributed by atoms with Gasteiger partial charge >= 0.3 is 0 Å². The van der Waals surface area contributed by atoms with Crippen molar-refractivity contribution in [2.24, 2.45) is 5.92 Å². The van der Waals surface area contributed by atoms with E-state index in [0.29, 0.717) is 0 Å². The van der Waals surface area contributed by atoms with E-state index in [4.69, 9.17) is 0 Å². The quantitative estimate of drug-likeness (QED) is 0.604. The first-order chi connectivity index (χ1) is 6.25. The Bertz CT molecular complexity index is 316. The third kappa shape index (κ3) is 1.82. The van der Waals surface area contributed by atoms with Crippen molar-refractivity contribution in [3.63, 3.8) is 0 Å². The lowest BCUT2D eigenvalue weighted by Crippen LogP contribution is -1.86. The predicted octanol–water partition coefficient (Wildman–Crippen LogP) is 3.81. The van der Waals surface area contributed by atoms with Crippen molar-refractivity contribution >= 4 is 5.57 Å². The van der Waals surface area contributed by atoms with Crippen LogP contribution in [0.25, 0.3) is 5.57 Å². The highest BCUT2D eigenvalue weighted by Gasteiger charge is 2.13. The smallest absolute Gasteiger partial charge is 0.0227 e. The fraction of sp³-hybridized carbons (Fsp3) is 0.385. The molecule has 0 saturated carbocycles.